The lowest BCUT2D eigenvalue weighted by atomic mass is 10.1. The van der Waals surface area contributed by atoms with Crippen LogP contribution in [0, 0.1) is 0 Å². The van der Waals surface area contributed by atoms with Gasteiger partial charge in [0.05, 0.1) is 10.6 Å². The lowest BCUT2D eigenvalue weighted by Gasteiger charge is -2.24. The number of sulfonamides is 1. The first kappa shape index (κ1) is 20.7. The van der Waals surface area contributed by atoms with Gasteiger partial charge in [0.15, 0.2) is 0 Å². The molecule has 0 radical (unpaired) electrons. The van der Waals surface area contributed by atoms with Gasteiger partial charge in [0.25, 0.3) is 15.9 Å². The lowest BCUT2D eigenvalue weighted by molar-refractivity contribution is 0.0938. The molecule has 1 aliphatic heterocycles. The van der Waals surface area contributed by atoms with Crippen LogP contribution in [0.15, 0.2) is 47.4 Å². The van der Waals surface area contributed by atoms with E-state index in [1.165, 1.54) is 16.4 Å². The Kier molecular flexibility index (Phi) is 6.01. The van der Waals surface area contributed by atoms with Gasteiger partial charge in [0, 0.05) is 22.7 Å². The van der Waals surface area contributed by atoms with Crippen LogP contribution in [0.1, 0.15) is 49.5 Å². The number of rotatable bonds is 6. The number of halogens is 1. The van der Waals surface area contributed by atoms with Crippen LogP contribution in [0.25, 0.3) is 0 Å². The maximum absolute atomic E-state index is 13.2. The second-order valence-electron chi connectivity index (χ2n) is 7.31. The fraction of sp³-hybridized carbons (Fsp3) is 0.381. The molecule has 0 aliphatic carbocycles. The van der Waals surface area contributed by atoms with Gasteiger partial charge < -0.3 is 5.32 Å². The zero-order chi connectivity index (χ0) is 20.5. The molecule has 5 nitrogen and oxygen atoms in total. The summed E-state index contributed by atoms with van der Waals surface area (Å²) in [6.07, 6.45) is 2.48. The molecular weight excluding hydrogens is 396 g/mol. The van der Waals surface area contributed by atoms with Crippen molar-refractivity contribution in [3.05, 3.63) is 58.6 Å². The van der Waals surface area contributed by atoms with Crippen LogP contribution in [-0.2, 0) is 16.4 Å². The van der Waals surface area contributed by atoms with Crippen molar-refractivity contribution in [3.8, 4) is 0 Å². The first-order valence-electron chi connectivity index (χ1n) is 9.47. The molecule has 1 amide bonds. The van der Waals surface area contributed by atoms with E-state index in [1.54, 1.807) is 30.3 Å². The Balaban J connectivity index is 1.90. The number of hydrogen-bond donors (Lipinski definition) is 1. The van der Waals surface area contributed by atoms with Gasteiger partial charge in [-0.1, -0.05) is 24.9 Å². The van der Waals surface area contributed by atoms with Gasteiger partial charge in [-0.3, -0.25) is 9.10 Å². The minimum absolute atomic E-state index is 0.103. The average Bonchev–Trinajstić information content (AvgIpc) is 2.97. The monoisotopic (exact) mass is 420 g/mol. The van der Waals surface area contributed by atoms with Crippen LogP contribution in [0.5, 0.6) is 0 Å². The van der Waals surface area contributed by atoms with E-state index in [1.807, 2.05) is 13.8 Å². The van der Waals surface area contributed by atoms with Crippen molar-refractivity contribution in [2.45, 2.75) is 57.0 Å². The molecule has 0 fully saturated rings. The molecule has 1 heterocycles. The molecule has 150 valence electrons. The topological polar surface area (TPSA) is 66.5 Å². The molecule has 3 rings (SSSR count). The number of fused-ring (bicyclic) bond motifs is 1. The van der Waals surface area contributed by atoms with Crippen LogP contribution in [0.4, 0.5) is 5.69 Å². The molecule has 0 saturated carbocycles. The minimum atomic E-state index is -3.70. The number of hydrogen-bond acceptors (Lipinski definition) is 3. The largest absolute Gasteiger partial charge is 0.350 e. The van der Waals surface area contributed by atoms with E-state index < -0.39 is 10.0 Å². The lowest BCUT2D eigenvalue weighted by Crippen LogP contribution is -2.35. The van der Waals surface area contributed by atoms with E-state index >= 15 is 0 Å². The number of benzene rings is 2. The van der Waals surface area contributed by atoms with Crippen molar-refractivity contribution < 1.29 is 13.2 Å². The fourth-order valence-electron chi connectivity index (χ4n) is 3.64. The molecule has 0 spiro atoms. The quantitative estimate of drug-likeness (QED) is 0.753. The highest BCUT2D eigenvalue weighted by Gasteiger charge is 2.36. The van der Waals surface area contributed by atoms with E-state index in [2.05, 4.69) is 12.2 Å². The third-order valence-corrected chi connectivity index (χ3v) is 7.16. The van der Waals surface area contributed by atoms with Crippen molar-refractivity contribution in [3.63, 3.8) is 0 Å². The van der Waals surface area contributed by atoms with Gasteiger partial charge in [-0.15, -0.1) is 0 Å². The SMILES string of the molecule is CCC[C@@H](C)NC(=O)c1ccc2c(c1)C[C@H](C)N2S(=O)(=O)c1ccc(Cl)cc1. The predicted octanol–water partition coefficient (Wildman–Crippen LogP) is 4.40. The van der Waals surface area contributed by atoms with Crippen molar-refractivity contribution in [2.24, 2.45) is 0 Å². The van der Waals surface area contributed by atoms with E-state index in [4.69, 9.17) is 11.6 Å². The van der Waals surface area contributed by atoms with Crippen LogP contribution >= 0.6 is 11.6 Å². The van der Waals surface area contributed by atoms with Crippen molar-refractivity contribution >= 4 is 33.2 Å². The van der Waals surface area contributed by atoms with Gasteiger partial charge in [-0.2, -0.15) is 0 Å². The molecule has 0 aromatic heterocycles. The Labute approximate surface area is 171 Å². The highest BCUT2D eigenvalue weighted by molar-refractivity contribution is 7.92. The molecule has 2 atom stereocenters. The van der Waals surface area contributed by atoms with Crippen LogP contribution < -0.4 is 9.62 Å². The normalized spacial score (nSPS) is 17.3. The number of anilines is 1. The smallest absolute Gasteiger partial charge is 0.264 e. The van der Waals surface area contributed by atoms with Crippen LogP contribution in [0.3, 0.4) is 0 Å². The second-order valence-corrected chi connectivity index (χ2v) is 9.57. The van der Waals surface area contributed by atoms with Crippen LogP contribution in [-0.4, -0.2) is 26.4 Å². The molecule has 2 aromatic rings. The summed E-state index contributed by atoms with van der Waals surface area (Å²) in [5, 5.41) is 3.48. The zero-order valence-electron chi connectivity index (χ0n) is 16.3. The summed E-state index contributed by atoms with van der Waals surface area (Å²) in [4.78, 5) is 12.7. The maximum atomic E-state index is 13.2. The summed E-state index contributed by atoms with van der Waals surface area (Å²) in [6.45, 7) is 5.93. The number of carbonyl (C=O) groups is 1. The van der Waals surface area contributed by atoms with Gasteiger partial charge in [0.1, 0.15) is 0 Å². The molecule has 1 N–H and O–H groups in total. The number of carbonyl (C=O) groups excluding carboxylic acids is 1. The maximum Gasteiger partial charge on any atom is 0.264 e. The van der Waals surface area contributed by atoms with Crippen molar-refractivity contribution in [1.82, 2.24) is 5.32 Å². The number of nitrogens with zero attached hydrogens (tertiary/aromatic N) is 1. The summed E-state index contributed by atoms with van der Waals surface area (Å²) < 4.78 is 27.8. The van der Waals surface area contributed by atoms with Crippen molar-refractivity contribution in [2.75, 3.05) is 4.31 Å². The van der Waals surface area contributed by atoms with Gasteiger partial charge in [0.2, 0.25) is 0 Å². The first-order valence-corrected chi connectivity index (χ1v) is 11.3. The van der Waals surface area contributed by atoms with Gasteiger partial charge >= 0.3 is 0 Å². The Hall–Kier alpha value is -2.05. The molecule has 0 bridgehead atoms. The Bertz CT molecular complexity index is 974. The molecule has 28 heavy (non-hydrogen) atoms. The first-order chi connectivity index (χ1) is 13.2. The van der Waals surface area contributed by atoms with Crippen LogP contribution in [0.2, 0.25) is 5.02 Å². The fourth-order valence-corrected chi connectivity index (χ4v) is 5.46. The summed E-state index contributed by atoms with van der Waals surface area (Å²) in [5.41, 5.74) is 2.04. The third kappa shape index (κ3) is 4.03. The predicted molar refractivity (Wildman–Crippen MR) is 113 cm³/mol. The summed E-state index contributed by atoms with van der Waals surface area (Å²) in [6, 6.07) is 11.3. The molecule has 7 heteroatoms. The third-order valence-electron chi connectivity index (χ3n) is 4.96. The molecular formula is C21H25ClN2O3S. The molecule has 2 aromatic carbocycles. The number of amides is 1. The Morgan fingerprint density at radius 3 is 2.57 bits per heavy atom. The highest BCUT2D eigenvalue weighted by atomic mass is 35.5. The van der Waals surface area contributed by atoms with Crippen molar-refractivity contribution in [1.29, 1.82) is 0 Å². The van der Waals surface area contributed by atoms with E-state index in [9.17, 15) is 13.2 Å². The minimum Gasteiger partial charge on any atom is -0.350 e. The Morgan fingerprint density at radius 1 is 1.25 bits per heavy atom. The zero-order valence-corrected chi connectivity index (χ0v) is 17.8. The summed E-state index contributed by atoms with van der Waals surface area (Å²) >= 11 is 5.89. The van der Waals surface area contributed by atoms with E-state index in [0.717, 1.165) is 18.4 Å². The summed E-state index contributed by atoms with van der Waals surface area (Å²) in [7, 11) is -3.70. The number of nitrogens with one attached hydrogen (secondary N) is 1. The molecule has 0 unspecified atom stereocenters. The highest BCUT2D eigenvalue weighted by Crippen LogP contribution is 2.37. The van der Waals surface area contributed by atoms with Gasteiger partial charge in [-0.25, -0.2) is 8.42 Å². The van der Waals surface area contributed by atoms with E-state index in [-0.39, 0.29) is 22.9 Å². The summed E-state index contributed by atoms with van der Waals surface area (Å²) in [5.74, 6) is -0.129. The second kappa shape index (κ2) is 8.13. The molecule has 1 aliphatic rings. The Morgan fingerprint density at radius 2 is 1.93 bits per heavy atom. The van der Waals surface area contributed by atoms with E-state index in [0.29, 0.717) is 22.7 Å². The van der Waals surface area contributed by atoms with Gasteiger partial charge in [-0.05, 0) is 74.7 Å². The standard InChI is InChI=1S/C21H25ClN2O3S/c1-4-5-14(2)23-21(25)16-6-11-20-17(13-16)12-15(3)24(20)28(26,27)19-9-7-18(22)8-10-19/h6-11,13-15H,4-5,12H2,1-3H3,(H,23,25)/t14-,15+/m1/s1. The molecule has 0 saturated heterocycles. The average molecular weight is 421 g/mol.